The quantitative estimate of drug-likeness (QED) is 0.700. The highest BCUT2D eigenvalue weighted by Gasteiger charge is 2.52. The summed E-state index contributed by atoms with van der Waals surface area (Å²) in [6, 6.07) is 0. The molecule has 2 fully saturated rings. The van der Waals surface area contributed by atoms with Gasteiger partial charge in [-0.2, -0.15) is 5.06 Å². The minimum absolute atomic E-state index is 0.193. The maximum Gasteiger partial charge on any atom is 0.145 e. The number of piperidine rings is 1. The van der Waals surface area contributed by atoms with Gasteiger partial charge in [-0.1, -0.05) is 0 Å². The molecule has 2 rings (SSSR count). The second-order valence-electron chi connectivity index (χ2n) is 7.46. The second kappa shape index (κ2) is 5.62. The lowest BCUT2D eigenvalue weighted by molar-refractivity contribution is -0.907. The molecule has 0 spiro atoms. The first-order valence-electron chi connectivity index (χ1n) is 7.62. The van der Waals surface area contributed by atoms with E-state index in [2.05, 4.69) is 5.29 Å². The first kappa shape index (κ1) is 16.3. The van der Waals surface area contributed by atoms with Crippen molar-refractivity contribution >= 4 is 5.78 Å². The lowest BCUT2D eigenvalue weighted by Crippen LogP contribution is -3.15. The van der Waals surface area contributed by atoms with Gasteiger partial charge in [0.15, 0.2) is 0 Å². The summed E-state index contributed by atoms with van der Waals surface area (Å²) in [5.41, 5.74) is -1.10. The van der Waals surface area contributed by atoms with E-state index >= 15 is 0 Å². The topological polar surface area (TPSA) is 77.7 Å². The van der Waals surface area contributed by atoms with Crippen LogP contribution in [0.25, 0.3) is 0 Å². The van der Waals surface area contributed by atoms with Gasteiger partial charge in [-0.05, 0) is 27.7 Å². The number of hydrogen-bond donors (Lipinski definition) is 2. The number of nitroso groups, excluding NO2 is 1. The van der Waals surface area contributed by atoms with Gasteiger partial charge in [-0.25, -0.2) is 5.01 Å². The van der Waals surface area contributed by atoms with Gasteiger partial charge in [-0.15, -0.1) is 4.91 Å². The van der Waals surface area contributed by atoms with E-state index in [1.54, 1.807) is 0 Å². The molecule has 21 heavy (non-hydrogen) atoms. The normalized spacial score (nSPS) is 30.4. The largest absolute Gasteiger partial charge is 0.331 e. The molecule has 120 valence electrons. The fraction of sp³-hybridized carbons (Fsp3) is 0.929. The van der Waals surface area contributed by atoms with Crippen LogP contribution in [-0.2, 0) is 4.79 Å². The van der Waals surface area contributed by atoms with E-state index in [1.165, 1.54) is 15.0 Å². The van der Waals surface area contributed by atoms with Crippen molar-refractivity contribution in [3.05, 3.63) is 4.91 Å². The van der Waals surface area contributed by atoms with Crippen LogP contribution in [0.4, 0.5) is 0 Å². The first-order chi connectivity index (χ1) is 9.68. The van der Waals surface area contributed by atoms with Crippen molar-refractivity contribution in [2.45, 2.75) is 45.2 Å². The van der Waals surface area contributed by atoms with Crippen LogP contribution in [0.3, 0.4) is 0 Å². The Labute approximate surface area is 125 Å². The zero-order chi connectivity index (χ0) is 15.8. The average molecular weight is 299 g/mol. The minimum Gasteiger partial charge on any atom is -0.331 e. The number of nitrogens with one attached hydrogen (secondary N) is 1. The summed E-state index contributed by atoms with van der Waals surface area (Å²) < 4.78 is 0. The van der Waals surface area contributed by atoms with Crippen LogP contribution < -0.4 is 4.90 Å². The number of carbonyl (C=O) groups is 1. The summed E-state index contributed by atoms with van der Waals surface area (Å²) >= 11 is 0. The van der Waals surface area contributed by atoms with E-state index < -0.39 is 11.1 Å². The molecular weight excluding hydrogens is 272 g/mol. The first-order valence-corrected chi connectivity index (χ1v) is 7.62. The van der Waals surface area contributed by atoms with Gasteiger partial charge in [0.1, 0.15) is 5.78 Å². The van der Waals surface area contributed by atoms with Crippen molar-refractivity contribution in [3.63, 3.8) is 0 Å². The Hall–Kier alpha value is -1.05. The molecule has 0 unspecified atom stereocenters. The van der Waals surface area contributed by atoms with Crippen molar-refractivity contribution in [1.29, 1.82) is 0 Å². The molecule has 0 saturated carbocycles. The summed E-state index contributed by atoms with van der Waals surface area (Å²) in [5.74, 6) is 0.0278. The van der Waals surface area contributed by atoms with Crippen molar-refractivity contribution in [2.24, 2.45) is 11.2 Å². The van der Waals surface area contributed by atoms with E-state index in [4.69, 9.17) is 0 Å². The Morgan fingerprint density at radius 3 is 2.38 bits per heavy atom. The zero-order valence-electron chi connectivity index (χ0n) is 13.4. The summed E-state index contributed by atoms with van der Waals surface area (Å²) in [6.45, 7) is 11.2. The highest BCUT2D eigenvalue weighted by Crippen LogP contribution is 2.38. The Morgan fingerprint density at radius 1 is 1.29 bits per heavy atom. The number of rotatable bonds is 3. The average Bonchev–Trinajstić information content (AvgIpc) is 2.42. The van der Waals surface area contributed by atoms with Crippen molar-refractivity contribution in [1.82, 2.24) is 10.1 Å². The molecule has 2 saturated heterocycles. The molecule has 0 aromatic rings. The number of hydroxylamine groups is 2. The highest BCUT2D eigenvalue weighted by molar-refractivity contribution is 5.84. The van der Waals surface area contributed by atoms with Gasteiger partial charge in [-0.3, -0.25) is 4.79 Å². The molecule has 0 radical (unpaired) electrons. The van der Waals surface area contributed by atoms with E-state index in [1.807, 2.05) is 27.7 Å². The highest BCUT2D eigenvalue weighted by atomic mass is 16.5. The van der Waals surface area contributed by atoms with E-state index in [9.17, 15) is 14.9 Å². The molecule has 2 N–H and O–H groups in total. The van der Waals surface area contributed by atoms with E-state index in [-0.39, 0.29) is 11.7 Å². The minimum atomic E-state index is -0.578. The monoisotopic (exact) mass is 299 g/mol. The molecule has 1 atom stereocenters. The fourth-order valence-electron chi connectivity index (χ4n) is 3.70. The van der Waals surface area contributed by atoms with Crippen LogP contribution in [0.5, 0.6) is 0 Å². The maximum absolute atomic E-state index is 12.5. The smallest absolute Gasteiger partial charge is 0.145 e. The van der Waals surface area contributed by atoms with E-state index in [0.717, 1.165) is 13.1 Å². The van der Waals surface area contributed by atoms with Crippen LogP contribution in [0.1, 0.15) is 34.1 Å². The van der Waals surface area contributed by atoms with Crippen LogP contribution in [-0.4, -0.2) is 64.9 Å². The molecule has 0 bridgehead atoms. The van der Waals surface area contributed by atoms with Gasteiger partial charge in [0.2, 0.25) is 0 Å². The molecule has 7 nitrogen and oxygen atoms in total. The Balaban J connectivity index is 2.05. The summed E-state index contributed by atoms with van der Waals surface area (Å²) in [4.78, 5) is 24.3. The number of carbonyl (C=O) groups excluding carboxylic acids is 1. The van der Waals surface area contributed by atoms with Gasteiger partial charge >= 0.3 is 0 Å². The third kappa shape index (κ3) is 3.09. The molecule has 2 aliphatic heterocycles. The lowest BCUT2D eigenvalue weighted by Gasteiger charge is -2.52. The SMILES string of the molecule is CC1(C)CC(=O)[C@@H](C[NH+]2CCN(N=O)CC2)C(C)(C)N1O. The van der Waals surface area contributed by atoms with Gasteiger partial charge in [0.05, 0.1) is 49.5 Å². The number of quaternary nitrogens is 1. The summed E-state index contributed by atoms with van der Waals surface area (Å²) in [7, 11) is 0. The van der Waals surface area contributed by atoms with Crippen LogP contribution in [0.15, 0.2) is 5.29 Å². The van der Waals surface area contributed by atoms with Gasteiger partial charge < -0.3 is 10.1 Å². The Morgan fingerprint density at radius 2 is 1.86 bits per heavy atom. The zero-order valence-corrected chi connectivity index (χ0v) is 13.4. The fourth-order valence-corrected chi connectivity index (χ4v) is 3.70. The maximum atomic E-state index is 12.5. The number of piperazine rings is 1. The van der Waals surface area contributed by atoms with Crippen LogP contribution >= 0.6 is 0 Å². The molecule has 2 heterocycles. The third-order valence-electron chi connectivity index (χ3n) is 5.02. The molecular formula is C14H27N4O3+. The molecule has 2 aliphatic rings. The van der Waals surface area contributed by atoms with Crippen molar-refractivity contribution < 1.29 is 14.9 Å². The third-order valence-corrected chi connectivity index (χ3v) is 5.02. The van der Waals surface area contributed by atoms with Crippen LogP contribution in [0.2, 0.25) is 0 Å². The molecule has 0 aromatic heterocycles. The van der Waals surface area contributed by atoms with Crippen LogP contribution in [0, 0.1) is 10.8 Å². The predicted octanol–water partition coefficient (Wildman–Crippen LogP) is -0.294. The number of nitrogens with zero attached hydrogens (tertiary/aromatic N) is 3. The number of Topliss-reactive ketones (excluding diaryl/α,β-unsaturated/α-hetero) is 1. The van der Waals surface area contributed by atoms with E-state index in [0.29, 0.717) is 26.1 Å². The number of hydrogen-bond acceptors (Lipinski definition) is 5. The second-order valence-corrected chi connectivity index (χ2v) is 7.46. The molecule has 0 aromatic carbocycles. The van der Waals surface area contributed by atoms with Gasteiger partial charge in [0.25, 0.3) is 0 Å². The predicted molar refractivity (Wildman–Crippen MR) is 77.8 cm³/mol. The summed E-state index contributed by atoms with van der Waals surface area (Å²) in [5, 5.41) is 16.3. The number of ketones is 1. The molecule has 0 amide bonds. The summed E-state index contributed by atoms with van der Waals surface area (Å²) in [6.07, 6.45) is 0.368. The van der Waals surface area contributed by atoms with Crippen molar-refractivity contribution in [2.75, 3.05) is 32.7 Å². The Bertz CT molecular complexity index is 416. The molecule has 0 aliphatic carbocycles. The van der Waals surface area contributed by atoms with Crippen molar-refractivity contribution in [3.8, 4) is 0 Å². The Kier molecular flexibility index (Phi) is 4.37. The lowest BCUT2D eigenvalue weighted by atomic mass is 9.73. The standard InChI is InChI=1S/C14H26N4O3/c1-13(2)9-12(19)11(14(3,4)18(13)21)10-16-5-7-17(15-20)8-6-16/h11,21H,5-10H2,1-4H3/p+1/t11-/m1/s1. The van der Waals surface area contributed by atoms with Gasteiger partial charge in [0, 0.05) is 12.0 Å². The molecule has 7 heteroatoms.